The van der Waals surface area contributed by atoms with E-state index in [9.17, 15) is 0 Å². The molecule has 0 aromatic rings. The van der Waals surface area contributed by atoms with Gasteiger partial charge in [-0.3, -0.25) is 0 Å². The van der Waals surface area contributed by atoms with E-state index >= 15 is 0 Å². The summed E-state index contributed by atoms with van der Waals surface area (Å²) in [5.74, 6) is 7.01. The molecule has 0 saturated heterocycles. The van der Waals surface area contributed by atoms with Crippen LogP contribution >= 0.6 is 0 Å². The molecule has 0 saturated carbocycles. The zero-order valence-electron chi connectivity index (χ0n) is 4.66. The zero-order valence-corrected chi connectivity index (χ0v) is 4.66. The van der Waals surface area contributed by atoms with Gasteiger partial charge in [0.25, 0.3) is 0 Å². The van der Waals surface area contributed by atoms with Crippen LogP contribution in [0, 0.1) is 0 Å². The van der Waals surface area contributed by atoms with Crippen LogP contribution in [0.1, 0.15) is 6.92 Å². The van der Waals surface area contributed by atoms with Crippen molar-refractivity contribution >= 4 is 5.87 Å². The molecular formula is C5H8N2O. The molecular weight excluding hydrogens is 104 g/mol. The number of nitrogens with zero attached hydrogens (tertiary/aromatic N) is 1. The van der Waals surface area contributed by atoms with E-state index < -0.39 is 0 Å². The third-order valence-corrected chi connectivity index (χ3v) is 0.419. The van der Waals surface area contributed by atoms with E-state index in [1.165, 1.54) is 6.26 Å². The van der Waals surface area contributed by atoms with Gasteiger partial charge in [-0.1, -0.05) is 6.08 Å². The predicted molar refractivity (Wildman–Crippen MR) is 32.1 cm³/mol. The summed E-state index contributed by atoms with van der Waals surface area (Å²) in [7, 11) is 0. The van der Waals surface area contributed by atoms with Crippen molar-refractivity contribution in [3.63, 3.8) is 0 Å². The van der Waals surface area contributed by atoms with Gasteiger partial charge >= 0.3 is 0 Å². The van der Waals surface area contributed by atoms with E-state index in [1.54, 1.807) is 12.3 Å². The minimum atomic E-state index is 1.17. The van der Waals surface area contributed by atoms with Crippen molar-refractivity contribution in [1.82, 2.24) is 0 Å². The van der Waals surface area contributed by atoms with Gasteiger partial charge in [-0.05, 0) is 6.92 Å². The van der Waals surface area contributed by atoms with Gasteiger partial charge in [0.1, 0.15) is 0 Å². The Morgan fingerprint density at radius 2 is 2.50 bits per heavy atom. The molecule has 44 valence electrons. The largest absolute Gasteiger partial charge is 0.409 e. The Morgan fingerprint density at radius 1 is 1.75 bits per heavy atom. The van der Waals surface area contributed by atoms with Crippen LogP contribution in [0.5, 0.6) is 0 Å². The second-order valence-electron chi connectivity index (χ2n) is 0.995. The number of nitrogens with two attached hydrogens (primary N) is 1. The molecule has 0 amide bonds. The average molecular weight is 112 g/mol. The van der Waals surface area contributed by atoms with Crippen molar-refractivity contribution in [2.75, 3.05) is 0 Å². The number of aliphatic imine (C=N–C) groups is 1. The van der Waals surface area contributed by atoms with Gasteiger partial charge in [-0.2, -0.15) is 5.90 Å². The molecule has 0 aromatic heterocycles. The molecule has 0 bridgehead atoms. The van der Waals surface area contributed by atoms with Crippen LogP contribution in [0.3, 0.4) is 0 Å². The lowest BCUT2D eigenvalue weighted by Gasteiger charge is -1.74. The maximum atomic E-state index is 4.61. The first-order valence-corrected chi connectivity index (χ1v) is 2.15. The van der Waals surface area contributed by atoms with Crippen molar-refractivity contribution < 1.29 is 4.84 Å². The molecule has 0 heterocycles. The fraction of sp³-hybridized carbons (Fsp3) is 0.200. The molecule has 8 heavy (non-hydrogen) atoms. The van der Waals surface area contributed by atoms with Crippen molar-refractivity contribution in [2.24, 2.45) is 10.9 Å². The Balaban J connectivity index is 3.47. The van der Waals surface area contributed by atoms with E-state index in [0.29, 0.717) is 0 Å². The Morgan fingerprint density at radius 3 is 3.00 bits per heavy atom. The topological polar surface area (TPSA) is 47.6 Å². The molecule has 0 unspecified atom stereocenters. The van der Waals surface area contributed by atoms with E-state index in [2.05, 4.69) is 21.6 Å². The Hall–Kier alpha value is -1.05. The zero-order chi connectivity index (χ0) is 6.24. The smallest absolute Gasteiger partial charge is 0.171 e. The maximum absolute atomic E-state index is 4.61. The number of allylic oxidation sites excluding steroid dienone is 1. The van der Waals surface area contributed by atoms with Crippen molar-refractivity contribution in [2.45, 2.75) is 6.92 Å². The summed E-state index contributed by atoms with van der Waals surface area (Å²) in [4.78, 5) is 7.61. The molecule has 0 rings (SSSR count). The van der Waals surface area contributed by atoms with Crippen LogP contribution in [0.15, 0.2) is 23.5 Å². The normalized spacial score (nSPS) is 8.25. The molecule has 0 radical (unpaired) electrons. The van der Waals surface area contributed by atoms with E-state index in [4.69, 9.17) is 0 Å². The first-order valence-electron chi connectivity index (χ1n) is 2.15. The van der Waals surface area contributed by atoms with Crippen molar-refractivity contribution in [1.29, 1.82) is 0 Å². The summed E-state index contributed by atoms with van der Waals surface area (Å²) in [6.45, 7) is 1.86. The number of hydrogen-bond acceptors (Lipinski definition) is 3. The summed E-state index contributed by atoms with van der Waals surface area (Å²) in [5.41, 5.74) is 0. The number of hydrogen-bond donors (Lipinski definition) is 1. The number of rotatable bonds is 2. The monoisotopic (exact) mass is 112 g/mol. The SMILES string of the molecule is C/C=C\N=C=CON. The van der Waals surface area contributed by atoms with Crippen molar-refractivity contribution in [3.05, 3.63) is 18.5 Å². The highest BCUT2D eigenvalue weighted by Gasteiger charge is 1.53. The van der Waals surface area contributed by atoms with Crippen LogP contribution in [-0.4, -0.2) is 5.87 Å². The molecule has 0 aliphatic carbocycles. The quantitative estimate of drug-likeness (QED) is 0.323. The predicted octanol–water partition coefficient (Wildman–Crippen LogP) is 0.594. The van der Waals surface area contributed by atoms with Crippen LogP contribution in [0.2, 0.25) is 0 Å². The lowest BCUT2D eigenvalue weighted by molar-refractivity contribution is 0.266. The van der Waals surface area contributed by atoms with Crippen LogP contribution < -0.4 is 5.90 Å². The van der Waals surface area contributed by atoms with Crippen LogP contribution in [-0.2, 0) is 4.84 Å². The maximum Gasteiger partial charge on any atom is 0.171 e. The van der Waals surface area contributed by atoms with E-state index in [0.717, 1.165) is 0 Å². The lowest BCUT2D eigenvalue weighted by Crippen LogP contribution is -1.87. The summed E-state index contributed by atoms with van der Waals surface area (Å²) < 4.78 is 0. The van der Waals surface area contributed by atoms with Gasteiger partial charge in [0.2, 0.25) is 0 Å². The van der Waals surface area contributed by atoms with Crippen LogP contribution in [0.25, 0.3) is 0 Å². The Kier molecular flexibility index (Phi) is 5.17. The van der Waals surface area contributed by atoms with Gasteiger partial charge in [-0.25, -0.2) is 4.99 Å². The summed E-state index contributed by atoms with van der Waals surface area (Å²) in [6, 6.07) is 0. The molecule has 3 nitrogen and oxygen atoms in total. The lowest BCUT2D eigenvalue weighted by atomic mass is 10.7. The fourth-order valence-corrected chi connectivity index (χ4v) is 0.178. The molecule has 0 aliphatic heterocycles. The molecule has 3 heteroatoms. The molecule has 0 aliphatic rings. The molecule has 0 spiro atoms. The van der Waals surface area contributed by atoms with Gasteiger partial charge in [0, 0.05) is 12.1 Å². The van der Waals surface area contributed by atoms with Crippen molar-refractivity contribution in [3.8, 4) is 0 Å². The molecule has 0 aromatic carbocycles. The highest BCUT2D eigenvalue weighted by Crippen LogP contribution is 1.67. The summed E-state index contributed by atoms with van der Waals surface area (Å²) >= 11 is 0. The second kappa shape index (κ2) is 5.95. The molecule has 0 fully saturated rings. The first kappa shape index (κ1) is 6.95. The van der Waals surface area contributed by atoms with Crippen LogP contribution in [0.4, 0.5) is 0 Å². The highest BCUT2D eigenvalue weighted by atomic mass is 16.6. The minimum Gasteiger partial charge on any atom is -0.409 e. The Bertz CT molecular complexity index is 122. The summed E-state index contributed by atoms with van der Waals surface area (Å²) in [5, 5.41) is 0. The van der Waals surface area contributed by atoms with Gasteiger partial charge in [0.15, 0.2) is 6.26 Å². The average Bonchev–Trinajstić information content (AvgIpc) is 1.81. The minimum absolute atomic E-state index is 1.17. The highest BCUT2D eigenvalue weighted by molar-refractivity contribution is 5.50. The standard InChI is InChI=1S/C5H8N2O/c1-2-3-7-4-5-8-6/h2-3,5H,6H2,1H3/b3-2-. The summed E-state index contributed by atoms with van der Waals surface area (Å²) in [6.07, 6.45) is 4.52. The Labute approximate surface area is 48.1 Å². The van der Waals surface area contributed by atoms with Gasteiger partial charge in [-0.15, -0.1) is 0 Å². The second-order valence-corrected chi connectivity index (χ2v) is 0.995. The van der Waals surface area contributed by atoms with Gasteiger partial charge in [0.05, 0.1) is 0 Å². The van der Waals surface area contributed by atoms with Gasteiger partial charge < -0.3 is 4.84 Å². The first-order chi connectivity index (χ1) is 3.91. The fourth-order valence-electron chi connectivity index (χ4n) is 0.178. The van der Waals surface area contributed by atoms with E-state index in [-0.39, 0.29) is 0 Å². The third kappa shape index (κ3) is 4.95. The third-order valence-electron chi connectivity index (χ3n) is 0.419. The molecule has 0 atom stereocenters. The van der Waals surface area contributed by atoms with E-state index in [1.807, 2.05) is 6.92 Å². The molecule has 2 N–H and O–H groups in total.